The van der Waals surface area contributed by atoms with E-state index in [1.807, 2.05) is 6.92 Å². The van der Waals surface area contributed by atoms with Gasteiger partial charge in [-0.15, -0.1) is 0 Å². The minimum atomic E-state index is -0.229. The fourth-order valence-electron chi connectivity index (χ4n) is 9.10. The summed E-state index contributed by atoms with van der Waals surface area (Å²) in [7, 11) is 0. The highest BCUT2D eigenvalue weighted by Gasteiger charge is 2.63. The Hall–Kier alpha value is -1.23. The minimum absolute atomic E-state index is 0.0212. The van der Waals surface area contributed by atoms with Gasteiger partial charge in [0.25, 0.3) is 0 Å². The second-order valence-corrected chi connectivity index (χ2v) is 12.8. The third-order valence-corrected chi connectivity index (χ3v) is 10.9. The van der Waals surface area contributed by atoms with Gasteiger partial charge in [0.15, 0.2) is 0 Å². The zero-order valence-corrected chi connectivity index (χ0v) is 21.4. The van der Waals surface area contributed by atoms with E-state index in [1.54, 1.807) is 0 Å². The van der Waals surface area contributed by atoms with Crippen LogP contribution in [0.4, 0.5) is 0 Å². The first-order valence-electron chi connectivity index (χ1n) is 13.4. The molecule has 0 bridgehead atoms. The first kappa shape index (κ1) is 24.9. The number of carbonyl (C=O) groups is 3. The molecule has 0 aromatic heterocycles. The van der Waals surface area contributed by atoms with Gasteiger partial charge < -0.3 is 10.4 Å². The second-order valence-electron chi connectivity index (χ2n) is 12.8. The molecule has 4 aliphatic carbocycles. The first-order valence-corrected chi connectivity index (χ1v) is 13.4. The summed E-state index contributed by atoms with van der Waals surface area (Å²) in [6.45, 7) is 10.7. The van der Waals surface area contributed by atoms with E-state index >= 15 is 0 Å². The molecule has 0 saturated heterocycles. The van der Waals surface area contributed by atoms with Crippen LogP contribution in [0.25, 0.3) is 0 Å². The van der Waals surface area contributed by atoms with Gasteiger partial charge in [-0.25, -0.2) is 0 Å². The predicted molar refractivity (Wildman–Crippen MR) is 128 cm³/mol. The van der Waals surface area contributed by atoms with Crippen LogP contribution < -0.4 is 5.32 Å². The number of hydrogen-bond acceptors (Lipinski definition) is 4. The molecule has 0 heterocycles. The van der Waals surface area contributed by atoms with E-state index in [-0.39, 0.29) is 47.0 Å². The average Bonchev–Trinajstić information content (AvgIpc) is 3.10. The highest BCUT2D eigenvalue weighted by atomic mass is 16.3. The van der Waals surface area contributed by atoms with Crippen molar-refractivity contribution in [2.45, 2.75) is 98.5 Å². The lowest BCUT2D eigenvalue weighted by Gasteiger charge is -2.60. The molecule has 4 unspecified atom stereocenters. The molecule has 0 aromatic carbocycles. The van der Waals surface area contributed by atoms with Crippen molar-refractivity contribution in [1.82, 2.24) is 5.32 Å². The van der Waals surface area contributed by atoms with Crippen molar-refractivity contribution in [2.75, 3.05) is 6.54 Å². The fourth-order valence-corrected chi connectivity index (χ4v) is 9.10. The molecule has 186 valence electrons. The van der Waals surface area contributed by atoms with Crippen LogP contribution in [0.5, 0.6) is 0 Å². The number of ketones is 2. The van der Waals surface area contributed by atoms with Crippen LogP contribution in [0, 0.1) is 52.3 Å². The molecule has 0 spiro atoms. The molecule has 33 heavy (non-hydrogen) atoms. The van der Waals surface area contributed by atoms with Gasteiger partial charge in [0.2, 0.25) is 5.91 Å². The number of carbonyl (C=O) groups excluding carboxylic acids is 3. The van der Waals surface area contributed by atoms with Crippen LogP contribution in [0.15, 0.2) is 0 Å². The summed E-state index contributed by atoms with van der Waals surface area (Å²) in [6.07, 6.45) is 8.60. The Morgan fingerprint density at radius 2 is 1.73 bits per heavy atom. The van der Waals surface area contributed by atoms with Gasteiger partial charge in [0.1, 0.15) is 11.6 Å². The molecule has 10 atom stereocenters. The van der Waals surface area contributed by atoms with E-state index in [0.29, 0.717) is 41.8 Å². The topological polar surface area (TPSA) is 83.5 Å². The number of aliphatic hydroxyl groups excluding tert-OH is 1. The van der Waals surface area contributed by atoms with Crippen LogP contribution in [0.3, 0.4) is 0 Å². The van der Waals surface area contributed by atoms with Gasteiger partial charge in [0.05, 0.1) is 12.6 Å². The van der Waals surface area contributed by atoms with Crippen molar-refractivity contribution in [3.8, 4) is 0 Å². The Morgan fingerprint density at radius 1 is 1.06 bits per heavy atom. The summed E-state index contributed by atoms with van der Waals surface area (Å²) in [6, 6.07) is 0. The van der Waals surface area contributed by atoms with Gasteiger partial charge in [0, 0.05) is 18.3 Å². The smallest absolute Gasteiger partial charge is 0.223 e. The van der Waals surface area contributed by atoms with Crippen LogP contribution in [-0.2, 0) is 14.4 Å². The van der Waals surface area contributed by atoms with E-state index < -0.39 is 0 Å². The van der Waals surface area contributed by atoms with Crippen molar-refractivity contribution in [3.63, 3.8) is 0 Å². The van der Waals surface area contributed by atoms with Crippen LogP contribution in [0.2, 0.25) is 0 Å². The lowest BCUT2D eigenvalue weighted by Crippen LogP contribution is -2.57. The molecule has 5 nitrogen and oxygen atoms in total. The molecule has 4 rings (SSSR count). The van der Waals surface area contributed by atoms with E-state index in [9.17, 15) is 19.5 Å². The highest BCUT2D eigenvalue weighted by Crippen LogP contribution is 2.67. The highest BCUT2D eigenvalue weighted by molar-refractivity contribution is 5.85. The summed E-state index contributed by atoms with van der Waals surface area (Å²) < 4.78 is 0. The van der Waals surface area contributed by atoms with E-state index in [0.717, 1.165) is 44.9 Å². The molecule has 5 heteroatoms. The summed E-state index contributed by atoms with van der Waals surface area (Å²) in [5, 5.41) is 13.0. The van der Waals surface area contributed by atoms with Crippen molar-refractivity contribution < 1.29 is 19.5 Å². The van der Waals surface area contributed by atoms with Crippen molar-refractivity contribution in [3.05, 3.63) is 0 Å². The second kappa shape index (κ2) is 9.09. The third-order valence-electron chi connectivity index (χ3n) is 10.9. The Labute approximate surface area is 199 Å². The first-order chi connectivity index (χ1) is 15.5. The number of aliphatic hydroxyl groups is 1. The number of amides is 1. The number of rotatable bonds is 6. The molecule has 4 aliphatic rings. The van der Waals surface area contributed by atoms with E-state index in [4.69, 9.17) is 0 Å². The Morgan fingerprint density at radius 3 is 2.42 bits per heavy atom. The van der Waals surface area contributed by atoms with Crippen LogP contribution >= 0.6 is 0 Å². The maximum atomic E-state index is 13.5. The molecule has 4 saturated carbocycles. The summed E-state index contributed by atoms with van der Waals surface area (Å²) in [4.78, 5) is 37.2. The number of Topliss-reactive ketones (excluding diaryl/α,β-unsaturated/α-hetero) is 2. The quantitative estimate of drug-likeness (QED) is 0.610. The lowest BCUT2D eigenvalue weighted by molar-refractivity contribution is -0.160. The molecule has 4 fully saturated rings. The monoisotopic (exact) mass is 459 g/mol. The van der Waals surface area contributed by atoms with Crippen LogP contribution in [-0.4, -0.2) is 35.2 Å². The zero-order valence-electron chi connectivity index (χ0n) is 21.4. The summed E-state index contributed by atoms with van der Waals surface area (Å²) in [5.41, 5.74) is 0.370. The normalized spacial score (nSPS) is 44.2. The zero-order chi connectivity index (χ0) is 24.1. The maximum absolute atomic E-state index is 13.5. The SMILES string of the molecule is CC(=O)CNC(=O)[C@@H](C)C[C@@H](C)[C@H]1CCC2C3C(=O)CC4C[C@H](O)CC[C@]4(C)C3CC[C@@]21C. The average molecular weight is 460 g/mol. The minimum Gasteiger partial charge on any atom is -0.393 e. The molecule has 1 amide bonds. The van der Waals surface area contributed by atoms with Gasteiger partial charge in [-0.05, 0) is 98.7 Å². The summed E-state index contributed by atoms with van der Waals surface area (Å²) in [5.74, 6) is 2.75. The van der Waals surface area contributed by atoms with E-state index in [2.05, 4.69) is 26.1 Å². The van der Waals surface area contributed by atoms with Crippen molar-refractivity contribution >= 4 is 17.5 Å². The van der Waals surface area contributed by atoms with E-state index in [1.165, 1.54) is 13.3 Å². The van der Waals surface area contributed by atoms with Gasteiger partial charge in [-0.3, -0.25) is 14.4 Å². The van der Waals surface area contributed by atoms with Gasteiger partial charge >= 0.3 is 0 Å². The van der Waals surface area contributed by atoms with Crippen molar-refractivity contribution in [1.29, 1.82) is 0 Å². The molecule has 0 radical (unpaired) electrons. The lowest BCUT2D eigenvalue weighted by atomic mass is 9.44. The standard InChI is InChI=1S/C28H45NO4/c1-16(12-17(2)26(33)29-15-18(3)30)21-6-7-22-25-23(9-11-28(21,22)5)27(4)10-8-20(31)13-19(27)14-24(25)32/h16-17,19-23,25,31H,6-15H2,1-5H3,(H,29,33)/t16-,17+,19?,20-,21-,22?,23?,25?,27+,28-/m1/s1. The molecule has 0 aliphatic heterocycles. The number of hydrogen-bond donors (Lipinski definition) is 2. The Kier molecular flexibility index (Phi) is 6.85. The number of fused-ring (bicyclic) bond motifs is 5. The predicted octanol–water partition coefficient (Wildman–Crippen LogP) is 4.55. The fraction of sp³-hybridized carbons (Fsp3) is 0.893. The molecular weight excluding hydrogens is 414 g/mol. The Balaban J connectivity index is 1.47. The van der Waals surface area contributed by atoms with Gasteiger partial charge in [-0.2, -0.15) is 0 Å². The molecule has 2 N–H and O–H groups in total. The number of nitrogens with one attached hydrogen (secondary N) is 1. The summed E-state index contributed by atoms with van der Waals surface area (Å²) >= 11 is 0. The Bertz CT molecular complexity index is 795. The largest absolute Gasteiger partial charge is 0.393 e. The maximum Gasteiger partial charge on any atom is 0.223 e. The molecule has 0 aromatic rings. The van der Waals surface area contributed by atoms with Gasteiger partial charge in [-0.1, -0.05) is 27.7 Å². The van der Waals surface area contributed by atoms with Crippen molar-refractivity contribution in [2.24, 2.45) is 52.3 Å². The molecular formula is C28H45NO4. The van der Waals surface area contributed by atoms with Crippen LogP contribution in [0.1, 0.15) is 92.4 Å². The third kappa shape index (κ3) is 4.32.